The Labute approximate surface area is 164 Å². The highest BCUT2D eigenvalue weighted by Crippen LogP contribution is 2.14. The summed E-state index contributed by atoms with van der Waals surface area (Å²) in [6, 6.07) is 17.7. The van der Waals surface area contributed by atoms with Gasteiger partial charge in [0.05, 0.1) is 26.2 Å². The third-order valence-corrected chi connectivity index (χ3v) is 5.44. The zero-order valence-corrected chi connectivity index (χ0v) is 17.1. The van der Waals surface area contributed by atoms with Gasteiger partial charge in [0.15, 0.2) is 0 Å². The van der Waals surface area contributed by atoms with Crippen molar-refractivity contribution in [2.75, 3.05) is 46.4 Å². The normalized spacial score (nSPS) is 11.3. The van der Waals surface area contributed by atoms with Crippen molar-refractivity contribution in [3.8, 4) is 5.75 Å². The minimum Gasteiger partial charge on any atom is -0.488 e. The van der Waals surface area contributed by atoms with E-state index in [4.69, 9.17) is 4.74 Å². The summed E-state index contributed by atoms with van der Waals surface area (Å²) >= 11 is 0. The number of carbonyl (C=O) groups is 1. The van der Waals surface area contributed by atoms with Crippen molar-refractivity contribution in [2.24, 2.45) is 0 Å². The molecule has 0 radical (unpaired) electrons. The molecule has 4 heteroatoms. The predicted octanol–water partition coefficient (Wildman–Crippen LogP) is 4.00. The van der Waals surface area contributed by atoms with E-state index in [1.54, 1.807) is 0 Å². The van der Waals surface area contributed by atoms with Crippen LogP contribution < -0.4 is 4.74 Å². The van der Waals surface area contributed by atoms with E-state index in [0.29, 0.717) is 6.61 Å². The third-order valence-electron chi connectivity index (χ3n) is 5.44. The fourth-order valence-electron chi connectivity index (χ4n) is 3.29. The molecule has 2 aromatic carbocycles. The molecule has 0 fully saturated rings. The number of carbonyl (C=O) groups excluding carboxylic acids is 1. The van der Waals surface area contributed by atoms with Crippen molar-refractivity contribution in [3.05, 3.63) is 65.7 Å². The standard InChI is InChI=1S/C23H33N2O2/c1-5-25(6-2,17-18-27-22-14-10-11-20(3)19-22)16-15-24(4)23(26)21-12-8-7-9-13-21/h7-14,19H,5-6,15-18H2,1-4H3/q+1. The highest BCUT2D eigenvalue weighted by molar-refractivity contribution is 5.93. The predicted molar refractivity (Wildman–Crippen MR) is 111 cm³/mol. The number of ether oxygens (including phenoxy) is 1. The molecule has 146 valence electrons. The fourth-order valence-corrected chi connectivity index (χ4v) is 3.29. The first-order valence-corrected chi connectivity index (χ1v) is 9.85. The lowest BCUT2D eigenvalue weighted by Crippen LogP contribution is -2.53. The zero-order chi connectivity index (χ0) is 19.7. The summed E-state index contributed by atoms with van der Waals surface area (Å²) in [6.45, 7) is 11.9. The summed E-state index contributed by atoms with van der Waals surface area (Å²) in [5.74, 6) is 1.01. The molecule has 0 bridgehead atoms. The molecule has 0 heterocycles. The summed E-state index contributed by atoms with van der Waals surface area (Å²) in [4.78, 5) is 14.4. The summed E-state index contributed by atoms with van der Waals surface area (Å²) < 4.78 is 6.92. The molecule has 0 aliphatic carbocycles. The van der Waals surface area contributed by atoms with Crippen LogP contribution in [0.15, 0.2) is 54.6 Å². The molecule has 4 nitrogen and oxygen atoms in total. The van der Waals surface area contributed by atoms with E-state index >= 15 is 0 Å². The molecular formula is C23H33N2O2+. The quantitative estimate of drug-likeness (QED) is 0.593. The Morgan fingerprint density at radius 1 is 1.00 bits per heavy atom. The number of likely N-dealkylation sites (N-methyl/N-ethyl adjacent to an activating group) is 2. The number of quaternary nitrogens is 1. The van der Waals surface area contributed by atoms with E-state index in [2.05, 4.69) is 32.9 Å². The highest BCUT2D eigenvalue weighted by atomic mass is 16.5. The van der Waals surface area contributed by atoms with Crippen molar-refractivity contribution >= 4 is 5.91 Å². The van der Waals surface area contributed by atoms with Gasteiger partial charge in [-0.1, -0.05) is 30.3 Å². The van der Waals surface area contributed by atoms with Crippen LogP contribution in [-0.4, -0.2) is 61.7 Å². The molecular weight excluding hydrogens is 336 g/mol. The number of aryl methyl sites for hydroxylation is 1. The summed E-state index contributed by atoms with van der Waals surface area (Å²) in [6.07, 6.45) is 0. The monoisotopic (exact) mass is 369 g/mol. The van der Waals surface area contributed by atoms with Crippen LogP contribution in [0, 0.1) is 6.92 Å². The number of hydrogen-bond donors (Lipinski definition) is 0. The molecule has 0 aromatic heterocycles. The number of benzene rings is 2. The average molecular weight is 370 g/mol. The van der Waals surface area contributed by atoms with Crippen LogP contribution in [0.3, 0.4) is 0 Å². The SMILES string of the molecule is CC[N+](CC)(CCOc1cccc(C)c1)CCN(C)C(=O)c1ccccc1. The van der Waals surface area contributed by atoms with Crippen LogP contribution in [0.25, 0.3) is 0 Å². The largest absolute Gasteiger partial charge is 0.488 e. The van der Waals surface area contributed by atoms with Crippen molar-refractivity contribution < 1.29 is 14.0 Å². The Kier molecular flexibility index (Phi) is 7.86. The fraction of sp³-hybridized carbons (Fsp3) is 0.435. The van der Waals surface area contributed by atoms with Gasteiger partial charge in [0, 0.05) is 12.6 Å². The second-order valence-electron chi connectivity index (χ2n) is 7.18. The maximum Gasteiger partial charge on any atom is 0.253 e. The van der Waals surface area contributed by atoms with Crippen molar-refractivity contribution in [3.63, 3.8) is 0 Å². The number of hydrogen-bond acceptors (Lipinski definition) is 2. The van der Waals surface area contributed by atoms with Crippen LogP contribution in [0.1, 0.15) is 29.8 Å². The summed E-state index contributed by atoms with van der Waals surface area (Å²) in [5, 5.41) is 0. The van der Waals surface area contributed by atoms with Crippen LogP contribution in [0.2, 0.25) is 0 Å². The summed E-state index contributed by atoms with van der Waals surface area (Å²) in [5.41, 5.74) is 1.95. The van der Waals surface area contributed by atoms with Crippen LogP contribution in [0.5, 0.6) is 5.75 Å². The van der Waals surface area contributed by atoms with Gasteiger partial charge in [-0.15, -0.1) is 0 Å². The Balaban J connectivity index is 1.90. The number of amides is 1. The maximum absolute atomic E-state index is 12.6. The highest BCUT2D eigenvalue weighted by Gasteiger charge is 2.25. The van der Waals surface area contributed by atoms with Crippen molar-refractivity contribution in [1.29, 1.82) is 0 Å². The van der Waals surface area contributed by atoms with Gasteiger partial charge >= 0.3 is 0 Å². The molecule has 1 amide bonds. The smallest absolute Gasteiger partial charge is 0.253 e. The van der Waals surface area contributed by atoms with Crippen LogP contribution in [0.4, 0.5) is 0 Å². The first-order valence-electron chi connectivity index (χ1n) is 9.85. The molecule has 0 saturated carbocycles. The van der Waals surface area contributed by atoms with E-state index in [1.807, 2.05) is 54.4 Å². The van der Waals surface area contributed by atoms with E-state index in [-0.39, 0.29) is 5.91 Å². The van der Waals surface area contributed by atoms with Gasteiger partial charge in [-0.2, -0.15) is 0 Å². The Bertz CT molecular complexity index is 711. The molecule has 0 N–H and O–H groups in total. The molecule has 0 atom stereocenters. The van der Waals surface area contributed by atoms with Gasteiger partial charge in [-0.05, 0) is 50.6 Å². The van der Waals surface area contributed by atoms with E-state index in [9.17, 15) is 4.79 Å². The van der Waals surface area contributed by atoms with E-state index in [1.165, 1.54) is 5.56 Å². The van der Waals surface area contributed by atoms with Crippen LogP contribution in [-0.2, 0) is 0 Å². The lowest BCUT2D eigenvalue weighted by Gasteiger charge is -2.38. The van der Waals surface area contributed by atoms with Gasteiger partial charge in [-0.25, -0.2) is 0 Å². The third kappa shape index (κ3) is 6.10. The second kappa shape index (κ2) is 10.1. The van der Waals surface area contributed by atoms with Gasteiger partial charge < -0.3 is 14.1 Å². The van der Waals surface area contributed by atoms with Crippen LogP contribution >= 0.6 is 0 Å². The van der Waals surface area contributed by atoms with Gasteiger partial charge in [0.1, 0.15) is 18.9 Å². The number of rotatable bonds is 10. The Hall–Kier alpha value is -2.33. The minimum absolute atomic E-state index is 0.0805. The van der Waals surface area contributed by atoms with E-state index in [0.717, 1.165) is 48.5 Å². The van der Waals surface area contributed by atoms with Crippen molar-refractivity contribution in [1.82, 2.24) is 4.90 Å². The number of nitrogens with zero attached hydrogens (tertiary/aromatic N) is 2. The maximum atomic E-state index is 12.6. The molecule has 0 aliphatic heterocycles. The molecule has 0 saturated heterocycles. The molecule has 0 unspecified atom stereocenters. The first kappa shape index (κ1) is 21.0. The minimum atomic E-state index is 0.0805. The Morgan fingerprint density at radius 3 is 2.33 bits per heavy atom. The molecule has 27 heavy (non-hydrogen) atoms. The molecule has 2 aromatic rings. The lowest BCUT2D eigenvalue weighted by atomic mass is 10.2. The molecule has 0 spiro atoms. The van der Waals surface area contributed by atoms with Gasteiger partial charge in [0.25, 0.3) is 5.91 Å². The Morgan fingerprint density at radius 2 is 1.70 bits per heavy atom. The summed E-state index contributed by atoms with van der Waals surface area (Å²) in [7, 11) is 1.89. The molecule has 0 aliphatic rings. The topological polar surface area (TPSA) is 29.5 Å². The zero-order valence-electron chi connectivity index (χ0n) is 17.1. The lowest BCUT2D eigenvalue weighted by molar-refractivity contribution is -0.924. The van der Waals surface area contributed by atoms with E-state index < -0.39 is 0 Å². The van der Waals surface area contributed by atoms with Crippen molar-refractivity contribution in [2.45, 2.75) is 20.8 Å². The molecule has 2 rings (SSSR count). The average Bonchev–Trinajstić information content (AvgIpc) is 2.70. The second-order valence-corrected chi connectivity index (χ2v) is 7.18. The van der Waals surface area contributed by atoms with Gasteiger partial charge in [0.2, 0.25) is 0 Å². The first-order chi connectivity index (χ1) is 13.0. The van der Waals surface area contributed by atoms with Gasteiger partial charge in [-0.3, -0.25) is 4.79 Å².